The highest BCUT2D eigenvalue weighted by molar-refractivity contribution is 6.03. The quantitative estimate of drug-likeness (QED) is 0.800. The fourth-order valence-corrected chi connectivity index (χ4v) is 2.39. The van der Waals surface area contributed by atoms with Crippen molar-refractivity contribution < 1.29 is 9.53 Å². The van der Waals surface area contributed by atoms with Gasteiger partial charge in [-0.15, -0.1) is 0 Å². The molecule has 3 nitrogen and oxygen atoms in total. The molecule has 1 atom stereocenters. The van der Waals surface area contributed by atoms with Gasteiger partial charge in [-0.05, 0) is 43.7 Å². The summed E-state index contributed by atoms with van der Waals surface area (Å²) < 4.78 is 5.15. The second-order valence-corrected chi connectivity index (χ2v) is 5.08. The first-order valence-electron chi connectivity index (χ1n) is 6.71. The Labute approximate surface area is 124 Å². The van der Waals surface area contributed by atoms with Crippen LogP contribution in [0, 0.1) is 25.2 Å². The third-order valence-corrected chi connectivity index (χ3v) is 3.32. The number of nitrogens with zero attached hydrogens (tertiary/aromatic N) is 1. The van der Waals surface area contributed by atoms with E-state index >= 15 is 0 Å². The van der Waals surface area contributed by atoms with Gasteiger partial charge in [-0.25, -0.2) is 0 Å². The first-order chi connectivity index (χ1) is 10.0. The number of carbonyl (C=O) groups is 1. The van der Waals surface area contributed by atoms with Crippen molar-refractivity contribution in [2.75, 3.05) is 7.11 Å². The monoisotopic (exact) mass is 279 g/mol. The van der Waals surface area contributed by atoms with Crippen LogP contribution in [0.1, 0.15) is 33.0 Å². The highest BCUT2D eigenvalue weighted by Crippen LogP contribution is 2.25. The molecule has 106 valence electrons. The molecule has 2 rings (SSSR count). The molecule has 0 aliphatic carbocycles. The van der Waals surface area contributed by atoms with E-state index < -0.39 is 5.92 Å². The number of aryl methyl sites for hydroxylation is 2. The van der Waals surface area contributed by atoms with Crippen LogP contribution >= 0.6 is 0 Å². The normalized spacial score (nSPS) is 11.5. The molecule has 0 aliphatic rings. The number of ketones is 1. The first kappa shape index (κ1) is 14.8. The molecule has 21 heavy (non-hydrogen) atoms. The third kappa shape index (κ3) is 3.29. The minimum atomic E-state index is -0.818. The van der Waals surface area contributed by atoms with E-state index in [2.05, 4.69) is 6.07 Å². The van der Waals surface area contributed by atoms with Gasteiger partial charge in [0, 0.05) is 5.56 Å². The summed E-state index contributed by atoms with van der Waals surface area (Å²) in [5.41, 5.74) is 3.25. The smallest absolute Gasteiger partial charge is 0.184 e. The molecule has 0 aliphatic heterocycles. The van der Waals surface area contributed by atoms with E-state index in [1.807, 2.05) is 32.0 Å². The van der Waals surface area contributed by atoms with E-state index in [1.165, 1.54) is 0 Å². The van der Waals surface area contributed by atoms with Gasteiger partial charge in [-0.1, -0.05) is 29.3 Å². The lowest BCUT2D eigenvalue weighted by Crippen LogP contribution is -2.12. The number of benzene rings is 2. The summed E-state index contributed by atoms with van der Waals surface area (Å²) in [6.45, 7) is 3.88. The van der Waals surface area contributed by atoms with E-state index in [1.54, 1.807) is 31.4 Å². The maximum atomic E-state index is 12.6. The molecule has 2 aromatic rings. The first-order valence-corrected chi connectivity index (χ1v) is 6.71. The summed E-state index contributed by atoms with van der Waals surface area (Å²) in [7, 11) is 1.56. The van der Waals surface area contributed by atoms with Gasteiger partial charge >= 0.3 is 0 Å². The summed E-state index contributed by atoms with van der Waals surface area (Å²) in [6, 6.07) is 14.8. The van der Waals surface area contributed by atoms with E-state index in [0.29, 0.717) is 16.9 Å². The topological polar surface area (TPSA) is 50.1 Å². The number of hydrogen-bond donors (Lipinski definition) is 0. The highest BCUT2D eigenvalue weighted by Gasteiger charge is 2.22. The van der Waals surface area contributed by atoms with Crippen LogP contribution in [0.5, 0.6) is 5.75 Å². The predicted molar refractivity (Wildman–Crippen MR) is 81.6 cm³/mol. The van der Waals surface area contributed by atoms with Crippen LogP contribution in [0.4, 0.5) is 0 Å². The molecule has 0 saturated heterocycles. The summed E-state index contributed by atoms with van der Waals surface area (Å²) in [5, 5.41) is 9.40. The van der Waals surface area contributed by atoms with Crippen LogP contribution in [0.2, 0.25) is 0 Å². The molecule has 1 unspecified atom stereocenters. The predicted octanol–water partition coefficient (Wildman–Crippen LogP) is 3.80. The number of Topliss-reactive ketones (excluding diaryl/α,β-unsaturated/α-hetero) is 1. The second-order valence-electron chi connectivity index (χ2n) is 5.08. The largest absolute Gasteiger partial charge is 0.497 e. The number of carbonyl (C=O) groups excluding carboxylic acids is 1. The lowest BCUT2D eigenvalue weighted by molar-refractivity contribution is 0.0978. The highest BCUT2D eigenvalue weighted by atomic mass is 16.5. The average molecular weight is 279 g/mol. The van der Waals surface area contributed by atoms with Crippen molar-refractivity contribution >= 4 is 5.78 Å². The van der Waals surface area contributed by atoms with E-state index in [0.717, 1.165) is 11.1 Å². The maximum absolute atomic E-state index is 12.6. The number of methoxy groups -OCH3 is 1. The van der Waals surface area contributed by atoms with Crippen LogP contribution in [0.15, 0.2) is 42.5 Å². The number of rotatable bonds is 4. The standard InChI is InChI=1S/C18H17NO2/c1-12-7-13(2)9-15(8-12)18(20)17(11-19)14-5-4-6-16(10-14)21-3/h4-10,17H,1-3H3. The van der Waals surface area contributed by atoms with Crippen LogP contribution in [0.25, 0.3) is 0 Å². The minimum Gasteiger partial charge on any atom is -0.497 e. The summed E-state index contributed by atoms with van der Waals surface area (Å²) >= 11 is 0. The average Bonchev–Trinajstić information content (AvgIpc) is 2.47. The zero-order valence-corrected chi connectivity index (χ0v) is 12.4. The van der Waals surface area contributed by atoms with Crippen LogP contribution in [0.3, 0.4) is 0 Å². The Hall–Kier alpha value is -2.60. The van der Waals surface area contributed by atoms with Gasteiger partial charge < -0.3 is 4.74 Å². The molecule has 0 saturated carbocycles. The van der Waals surface area contributed by atoms with Gasteiger partial charge in [0.05, 0.1) is 13.2 Å². The Morgan fingerprint density at radius 1 is 1.14 bits per heavy atom. The number of hydrogen-bond acceptors (Lipinski definition) is 3. The molecule has 0 fully saturated rings. The molecule has 3 heteroatoms. The van der Waals surface area contributed by atoms with Gasteiger partial charge in [-0.2, -0.15) is 5.26 Å². The minimum absolute atomic E-state index is 0.183. The summed E-state index contributed by atoms with van der Waals surface area (Å²) in [5.74, 6) is -0.361. The van der Waals surface area contributed by atoms with Crippen LogP contribution in [-0.2, 0) is 0 Å². The molecule has 0 amide bonds. The third-order valence-electron chi connectivity index (χ3n) is 3.32. The van der Waals surface area contributed by atoms with Crippen molar-refractivity contribution in [2.45, 2.75) is 19.8 Å². The van der Waals surface area contributed by atoms with Gasteiger partial charge in [0.25, 0.3) is 0 Å². The molecule has 2 aromatic carbocycles. The van der Waals surface area contributed by atoms with E-state index in [9.17, 15) is 10.1 Å². The van der Waals surface area contributed by atoms with E-state index in [4.69, 9.17) is 4.74 Å². The Kier molecular flexibility index (Phi) is 4.39. The lowest BCUT2D eigenvalue weighted by atomic mass is 9.90. The van der Waals surface area contributed by atoms with Crippen molar-refractivity contribution in [3.8, 4) is 11.8 Å². The molecule has 0 bridgehead atoms. The number of ether oxygens (including phenoxy) is 1. The molecular weight excluding hydrogens is 262 g/mol. The van der Waals surface area contributed by atoms with Crippen molar-refractivity contribution in [2.24, 2.45) is 0 Å². The second kappa shape index (κ2) is 6.23. The zero-order valence-electron chi connectivity index (χ0n) is 12.4. The maximum Gasteiger partial charge on any atom is 0.184 e. The Morgan fingerprint density at radius 2 is 1.81 bits per heavy atom. The zero-order chi connectivity index (χ0) is 15.4. The van der Waals surface area contributed by atoms with Gasteiger partial charge in [-0.3, -0.25) is 4.79 Å². The molecule has 0 aromatic heterocycles. The van der Waals surface area contributed by atoms with Gasteiger partial charge in [0.15, 0.2) is 5.78 Å². The fraction of sp³-hybridized carbons (Fsp3) is 0.222. The molecular formula is C18H17NO2. The van der Waals surface area contributed by atoms with Crippen molar-refractivity contribution in [1.82, 2.24) is 0 Å². The van der Waals surface area contributed by atoms with Crippen molar-refractivity contribution in [3.63, 3.8) is 0 Å². The van der Waals surface area contributed by atoms with Crippen molar-refractivity contribution in [3.05, 3.63) is 64.7 Å². The Balaban J connectivity index is 2.41. The molecule has 0 spiro atoms. The Bertz CT molecular complexity index is 693. The molecule has 0 N–H and O–H groups in total. The lowest BCUT2D eigenvalue weighted by Gasteiger charge is -2.11. The van der Waals surface area contributed by atoms with Gasteiger partial charge in [0.1, 0.15) is 11.7 Å². The summed E-state index contributed by atoms with van der Waals surface area (Å²) in [6.07, 6.45) is 0. The van der Waals surface area contributed by atoms with Gasteiger partial charge in [0.2, 0.25) is 0 Å². The molecule has 0 heterocycles. The summed E-state index contributed by atoms with van der Waals surface area (Å²) in [4.78, 5) is 12.6. The van der Waals surface area contributed by atoms with E-state index in [-0.39, 0.29) is 5.78 Å². The molecule has 0 radical (unpaired) electrons. The fourth-order valence-electron chi connectivity index (χ4n) is 2.39. The van der Waals surface area contributed by atoms with Crippen LogP contribution in [-0.4, -0.2) is 12.9 Å². The van der Waals surface area contributed by atoms with Crippen LogP contribution < -0.4 is 4.74 Å². The van der Waals surface area contributed by atoms with Crippen molar-refractivity contribution in [1.29, 1.82) is 5.26 Å². The number of nitriles is 1. The SMILES string of the molecule is COc1cccc(C(C#N)C(=O)c2cc(C)cc(C)c2)c1. The Morgan fingerprint density at radius 3 is 2.38 bits per heavy atom.